The van der Waals surface area contributed by atoms with Gasteiger partial charge in [0.1, 0.15) is 0 Å². The molecule has 0 fully saturated rings. The van der Waals surface area contributed by atoms with E-state index in [2.05, 4.69) is 43.3 Å². The van der Waals surface area contributed by atoms with E-state index >= 15 is 0 Å². The molecule has 0 amide bonds. The van der Waals surface area contributed by atoms with Crippen molar-refractivity contribution in [1.82, 2.24) is 0 Å². The van der Waals surface area contributed by atoms with Crippen molar-refractivity contribution < 1.29 is 10.2 Å². The summed E-state index contributed by atoms with van der Waals surface area (Å²) in [6.07, 6.45) is 6.01. The average molecular weight is 461 g/mol. The van der Waals surface area contributed by atoms with Crippen molar-refractivity contribution in [3.05, 3.63) is 108 Å². The summed E-state index contributed by atoms with van der Waals surface area (Å²) in [5, 5.41) is 21.8. The molecule has 0 aliphatic rings. The summed E-state index contributed by atoms with van der Waals surface area (Å²) in [5.41, 5.74) is 2.79. The molecule has 3 rings (SSSR count). The van der Waals surface area contributed by atoms with Crippen LogP contribution in [0.4, 0.5) is 0 Å². The Kier molecular flexibility index (Phi) is 9.65. The molecule has 2 atom stereocenters. The summed E-state index contributed by atoms with van der Waals surface area (Å²) in [4.78, 5) is 0. The highest BCUT2D eigenvalue weighted by atomic mass is 32.1. The minimum Gasteiger partial charge on any atom is -0.502 e. The van der Waals surface area contributed by atoms with Crippen LogP contribution in [0.3, 0.4) is 0 Å². The van der Waals surface area contributed by atoms with Gasteiger partial charge < -0.3 is 10.2 Å². The normalized spacial score (nSPS) is 13.4. The Morgan fingerprint density at radius 1 is 0.727 bits per heavy atom. The van der Waals surface area contributed by atoms with E-state index in [1.165, 1.54) is 19.3 Å². The first kappa shape index (κ1) is 25.1. The highest BCUT2D eigenvalue weighted by molar-refractivity contribution is 7.80. The number of rotatable bonds is 13. The fourth-order valence-electron chi connectivity index (χ4n) is 4.93. The number of hydrogen-bond acceptors (Lipinski definition) is 2. The van der Waals surface area contributed by atoms with Crippen LogP contribution in [0.5, 0.6) is 0 Å². The number of benzene rings is 3. The van der Waals surface area contributed by atoms with Crippen molar-refractivity contribution in [3.8, 4) is 0 Å². The predicted octanol–water partition coefficient (Wildman–Crippen LogP) is 7.63. The fourth-order valence-corrected chi connectivity index (χ4v) is 5.20. The van der Waals surface area contributed by atoms with Gasteiger partial charge in [0, 0.05) is 5.41 Å². The van der Waals surface area contributed by atoms with Crippen LogP contribution in [0, 0.1) is 5.92 Å². The third kappa shape index (κ3) is 6.31. The van der Waals surface area contributed by atoms with Crippen molar-refractivity contribution in [2.45, 2.75) is 63.4 Å². The van der Waals surface area contributed by atoms with Gasteiger partial charge in [0.15, 0.2) is 5.05 Å². The molecule has 0 spiro atoms. The van der Waals surface area contributed by atoms with Gasteiger partial charge in [0.2, 0.25) is 0 Å². The predicted molar refractivity (Wildman–Crippen MR) is 142 cm³/mol. The largest absolute Gasteiger partial charge is 0.502 e. The zero-order valence-electron chi connectivity index (χ0n) is 19.6. The van der Waals surface area contributed by atoms with Gasteiger partial charge in [-0.25, -0.2) is 0 Å². The topological polar surface area (TPSA) is 40.5 Å². The van der Waals surface area contributed by atoms with Crippen molar-refractivity contribution >= 4 is 17.3 Å². The summed E-state index contributed by atoms with van der Waals surface area (Å²) in [5.74, 6) is -0.419. The van der Waals surface area contributed by atoms with E-state index in [0.717, 1.165) is 29.5 Å². The molecule has 2 unspecified atom stereocenters. The lowest BCUT2D eigenvalue weighted by atomic mass is 9.65. The molecule has 0 aliphatic carbocycles. The van der Waals surface area contributed by atoms with Gasteiger partial charge in [-0.2, -0.15) is 0 Å². The Morgan fingerprint density at radius 3 is 1.55 bits per heavy atom. The zero-order valence-corrected chi connectivity index (χ0v) is 20.4. The van der Waals surface area contributed by atoms with Crippen LogP contribution in [-0.4, -0.2) is 21.4 Å². The van der Waals surface area contributed by atoms with Crippen LogP contribution in [0.1, 0.15) is 68.6 Å². The number of aliphatic hydroxyl groups is 2. The molecule has 0 aliphatic heterocycles. The highest BCUT2D eigenvalue weighted by Crippen LogP contribution is 2.44. The van der Waals surface area contributed by atoms with Crippen molar-refractivity contribution in [3.63, 3.8) is 0 Å². The first-order chi connectivity index (χ1) is 16.1. The lowest BCUT2D eigenvalue weighted by Gasteiger charge is -2.39. The van der Waals surface area contributed by atoms with Gasteiger partial charge >= 0.3 is 0 Å². The van der Waals surface area contributed by atoms with Crippen molar-refractivity contribution in [2.75, 3.05) is 0 Å². The summed E-state index contributed by atoms with van der Waals surface area (Å²) < 4.78 is 0. The van der Waals surface area contributed by atoms with Gasteiger partial charge in [-0.15, -0.1) is 0 Å². The van der Waals surface area contributed by atoms with Gasteiger partial charge in [0.25, 0.3) is 0 Å². The summed E-state index contributed by atoms with van der Waals surface area (Å²) >= 11 is 5.23. The second-order valence-electron chi connectivity index (χ2n) is 8.92. The molecule has 2 N–H and O–H groups in total. The summed E-state index contributed by atoms with van der Waals surface area (Å²) in [7, 11) is 0. The molecule has 0 saturated heterocycles. The van der Waals surface area contributed by atoms with E-state index in [4.69, 9.17) is 12.2 Å². The molecular formula is C30H36O2S. The lowest BCUT2D eigenvalue weighted by molar-refractivity contribution is 0.102. The van der Waals surface area contributed by atoms with Crippen LogP contribution in [0.15, 0.2) is 91.0 Å². The quantitative estimate of drug-likeness (QED) is 0.156. The molecule has 33 heavy (non-hydrogen) atoms. The SMILES string of the molecule is CCCCCCCC(C(O)=S)C(O)CC(c1ccccc1)(c1ccccc1)c1ccccc1. The monoisotopic (exact) mass is 460 g/mol. The minimum absolute atomic E-state index is 0.0823. The molecular weight excluding hydrogens is 424 g/mol. The van der Waals surface area contributed by atoms with Crippen molar-refractivity contribution in [2.24, 2.45) is 5.92 Å². The Hall–Kier alpha value is -2.49. The minimum atomic E-state index is -0.769. The van der Waals surface area contributed by atoms with Gasteiger partial charge in [-0.1, -0.05) is 130 Å². The van der Waals surface area contributed by atoms with E-state index in [-0.39, 0.29) is 5.05 Å². The van der Waals surface area contributed by atoms with E-state index in [9.17, 15) is 10.2 Å². The molecule has 3 aromatic rings. The maximum atomic E-state index is 11.6. The number of thiocarbonyl (C=S) groups is 1. The van der Waals surface area contributed by atoms with Gasteiger partial charge in [-0.3, -0.25) is 0 Å². The van der Waals surface area contributed by atoms with E-state index in [0.29, 0.717) is 12.8 Å². The Morgan fingerprint density at radius 2 is 1.15 bits per heavy atom. The molecule has 0 bridgehead atoms. The van der Waals surface area contributed by atoms with Crippen LogP contribution in [0.25, 0.3) is 0 Å². The molecule has 3 heteroatoms. The first-order valence-corrected chi connectivity index (χ1v) is 12.6. The van der Waals surface area contributed by atoms with Crippen LogP contribution < -0.4 is 0 Å². The van der Waals surface area contributed by atoms with Crippen LogP contribution in [0.2, 0.25) is 0 Å². The second kappa shape index (κ2) is 12.7. The smallest absolute Gasteiger partial charge is 0.162 e. The molecule has 0 saturated carbocycles. The number of unbranched alkanes of at least 4 members (excludes halogenated alkanes) is 4. The molecule has 2 nitrogen and oxygen atoms in total. The summed E-state index contributed by atoms with van der Waals surface area (Å²) in [6, 6.07) is 31.1. The van der Waals surface area contributed by atoms with Crippen LogP contribution in [-0.2, 0) is 5.41 Å². The maximum absolute atomic E-state index is 11.6. The molecule has 0 heterocycles. The first-order valence-electron chi connectivity index (χ1n) is 12.2. The fraction of sp³-hybridized carbons (Fsp3) is 0.367. The lowest BCUT2D eigenvalue weighted by Crippen LogP contribution is -2.38. The van der Waals surface area contributed by atoms with E-state index in [1.807, 2.05) is 54.6 Å². The molecule has 3 aromatic carbocycles. The Labute approximate surface area is 204 Å². The van der Waals surface area contributed by atoms with E-state index < -0.39 is 17.4 Å². The third-order valence-corrected chi connectivity index (χ3v) is 7.02. The maximum Gasteiger partial charge on any atom is 0.162 e. The van der Waals surface area contributed by atoms with E-state index in [1.54, 1.807) is 0 Å². The Balaban J connectivity index is 2.01. The molecule has 0 aromatic heterocycles. The summed E-state index contributed by atoms with van der Waals surface area (Å²) in [6.45, 7) is 2.20. The average Bonchev–Trinajstić information content (AvgIpc) is 2.86. The van der Waals surface area contributed by atoms with Crippen molar-refractivity contribution in [1.29, 1.82) is 0 Å². The zero-order chi connectivity index (χ0) is 23.5. The Bertz CT molecular complexity index is 860. The van der Waals surface area contributed by atoms with Gasteiger partial charge in [-0.05, 0) is 41.7 Å². The third-order valence-electron chi connectivity index (χ3n) is 6.72. The van der Waals surface area contributed by atoms with Gasteiger partial charge in [0.05, 0.1) is 12.0 Å². The number of hydrogen-bond donors (Lipinski definition) is 2. The second-order valence-corrected chi connectivity index (χ2v) is 9.34. The van der Waals surface area contributed by atoms with Crippen LogP contribution >= 0.6 is 12.2 Å². The standard InChI is InChI=1S/C30H36O2S/c1-2-3-4-5-15-22-27(29(32)33)28(31)23-30(24-16-9-6-10-17-24,25-18-11-7-12-19-25)26-20-13-8-14-21-26/h6-14,16-21,27-28,31H,2-5,15,22-23H2,1H3,(H,32,33). The highest BCUT2D eigenvalue weighted by Gasteiger charge is 2.40. The molecule has 0 radical (unpaired) electrons. The molecule has 174 valence electrons. The number of aliphatic hydroxyl groups excluding tert-OH is 2.